The zero-order valence-corrected chi connectivity index (χ0v) is 23.3. The van der Waals surface area contributed by atoms with Crippen molar-refractivity contribution in [2.24, 2.45) is 0 Å². The van der Waals surface area contributed by atoms with Crippen molar-refractivity contribution in [2.75, 3.05) is 96.0 Å². The van der Waals surface area contributed by atoms with Crippen molar-refractivity contribution < 1.29 is 28.1 Å². The van der Waals surface area contributed by atoms with E-state index in [1.807, 2.05) is 12.1 Å². The summed E-state index contributed by atoms with van der Waals surface area (Å²) in [6, 6.07) is 11.8. The molecule has 3 heterocycles. The summed E-state index contributed by atoms with van der Waals surface area (Å²) in [4.78, 5) is 13.1. The number of ether oxygens (including phenoxy) is 5. The second kappa shape index (κ2) is 17.1. The van der Waals surface area contributed by atoms with Crippen LogP contribution in [0, 0.1) is 0 Å². The number of methoxy groups -OCH3 is 1. The Morgan fingerprint density at radius 2 is 1.46 bits per heavy atom. The van der Waals surface area contributed by atoms with Crippen LogP contribution in [0.25, 0.3) is 17.4 Å². The van der Waals surface area contributed by atoms with Gasteiger partial charge in [0.25, 0.3) is 5.78 Å². The van der Waals surface area contributed by atoms with Gasteiger partial charge in [0.1, 0.15) is 0 Å². The zero-order valence-electron chi connectivity index (χ0n) is 23.3. The number of hydrogen-bond acceptors (Lipinski definition) is 13. The van der Waals surface area contributed by atoms with Crippen molar-refractivity contribution in [3.8, 4) is 11.6 Å². The van der Waals surface area contributed by atoms with E-state index in [4.69, 9.17) is 33.8 Å². The lowest BCUT2D eigenvalue weighted by Gasteiger charge is -2.10. The van der Waals surface area contributed by atoms with Crippen LogP contribution in [-0.2, 0) is 30.1 Å². The van der Waals surface area contributed by atoms with Crippen molar-refractivity contribution in [1.29, 1.82) is 0 Å². The number of nitrogens with two attached hydrogens (primary N) is 1. The van der Waals surface area contributed by atoms with Crippen molar-refractivity contribution >= 4 is 23.4 Å². The average Bonchev–Trinajstić information content (AvgIpc) is 3.67. The highest BCUT2D eigenvalue weighted by atomic mass is 16.6. The third-order valence-electron chi connectivity index (χ3n) is 5.75. The summed E-state index contributed by atoms with van der Waals surface area (Å²) in [6.07, 6.45) is 2.35. The predicted molar refractivity (Wildman–Crippen MR) is 153 cm³/mol. The van der Waals surface area contributed by atoms with Gasteiger partial charge in [0.2, 0.25) is 17.7 Å². The second-order valence-corrected chi connectivity index (χ2v) is 8.77. The summed E-state index contributed by atoms with van der Waals surface area (Å²) in [5.41, 5.74) is 8.25. The molecule has 3 aromatic heterocycles. The minimum Gasteiger partial charge on any atom is -0.461 e. The number of nitrogen functional groups attached to an aromatic ring is 1. The maximum atomic E-state index is 6.04. The van der Waals surface area contributed by atoms with Crippen LogP contribution < -0.4 is 16.4 Å². The Labute approximate surface area is 238 Å². The molecule has 0 fully saturated rings. The topological polar surface area (TPSA) is 165 Å². The maximum Gasteiger partial charge on any atom is 0.259 e. The number of nitrogens with zero attached hydrogens (tertiary/aromatic N) is 5. The van der Waals surface area contributed by atoms with E-state index in [0.29, 0.717) is 95.9 Å². The van der Waals surface area contributed by atoms with E-state index in [1.54, 1.807) is 25.5 Å². The van der Waals surface area contributed by atoms with E-state index in [-0.39, 0.29) is 5.95 Å². The molecule has 4 N–H and O–H groups in total. The number of hydrogen-bond donors (Lipinski definition) is 3. The Hall–Kier alpha value is -3.82. The monoisotopic (exact) mass is 570 g/mol. The quantitative estimate of drug-likeness (QED) is 0.125. The number of rotatable bonds is 21. The third kappa shape index (κ3) is 10.3. The van der Waals surface area contributed by atoms with Crippen LogP contribution in [0.3, 0.4) is 0 Å². The SMILES string of the molecule is COCCOCCOCCOCCOCCNc1ccc(CCNc2nc(N)n3nc(-c4ccco4)nc3n2)cc1. The smallest absolute Gasteiger partial charge is 0.259 e. The standard InChI is InChI=1S/C27H38N8O6/c1-36-13-14-38-17-18-40-20-19-39-16-15-37-12-10-29-22-6-4-21(5-7-22)8-9-30-26-32-25(28)35-27(33-26)31-24(34-35)23-3-2-11-41-23/h2-7,11,29H,8-10,12-20H2,1H3,(H3,28,30,31,32,33,34). The Balaban J connectivity index is 1.04. The number of aromatic nitrogens is 5. The summed E-state index contributed by atoms with van der Waals surface area (Å²) < 4.78 is 33.5. The van der Waals surface area contributed by atoms with Crippen LogP contribution in [0.1, 0.15) is 5.56 Å². The first kappa shape index (κ1) is 30.1. The molecule has 0 saturated carbocycles. The highest BCUT2D eigenvalue weighted by Gasteiger charge is 2.13. The average molecular weight is 571 g/mol. The van der Waals surface area contributed by atoms with E-state index in [1.165, 1.54) is 10.1 Å². The number of nitrogens with one attached hydrogen (secondary N) is 2. The van der Waals surface area contributed by atoms with Crippen LogP contribution in [0.15, 0.2) is 47.1 Å². The Morgan fingerprint density at radius 1 is 0.780 bits per heavy atom. The fraction of sp³-hybridized carbons (Fsp3) is 0.481. The van der Waals surface area contributed by atoms with Gasteiger partial charge in [-0.2, -0.15) is 19.5 Å². The van der Waals surface area contributed by atoms with Gasteiger partial charge in [0.05, 0.1) is 65.7 Å². The number of fused-ring (bicyclic) bond motifs is 1. The molecule has 0 amide bonds. The normalized spacial score (nSPS) is 11.3. The van der Waals surface area contributed by atoms with E-state index < -0.39 is 0 Å². The lowest BCUT2D eigenvalue weighted by Crippen LogP contribution is -2.15. The van der Waals surface area contributed by atoms with Gasteiger partial charge in [0, 0.05) is 25.9 Å². The third-order valence-corrected chi connectivity index (χ3v) is 5.75. The maximum absolute atomic E-state index is 6.04. The van der Waals surface area contributed by atoms with Crippen molar-refractivity contribution in [1.82, 2.24) is 24.6 Å². The first-order valence-electron chi connectivity index (χ1n) is 13.5. The molecule has 222 valence electrons. The van der Waals surface area contributed by atoms with Crippen LogP contribution in [0.2, 0.25) is 0 Å². The van der Waals surface area contributed by atoms with Gasteiger partial charge in [0.15, 0.2) is 5.76 Å². The molecule has 0 spiro atoms. The zero-order chi connectivity index (χ0) is 28.5. The largest absolute Gasteiger partial charge is 0.461 e. The number of anilines is 3. The van der Waals surface area contributed by atoms with Crippen molar-refractivity contribution in [2.45, 2.75) is 6.42 Å². The summed E-state index contributed by atoms with van der Waals surface area (Å²) in [5, 5.41) is 10.9. The molecule has 0 saturated heterocycles. The van der Waals surface area contributed by atoms with E-state index >= 15 is 0 Å². The number of furan rings is 1. The minimum atomic E-state index is 0.191. The van der Waals surface area contributed by atoms with Gasteiger partial charge in [-0.25, -0.2) is 0 Å². The van der Waals surface area contributed by atoms with Gasteiger partial charge in [-0.15, -0.1) is 5.10 Å². The molecule has 41 heavy (non-hydrogen) atoms. The molecular formula is C27H38N8O6. The van der Waals surface area contributed by atoms with Crippen molar-refractivity contribution in [3.05, 3.63) is 48.2 Å². The van der Waals surface area contributed by atoms with Gasteiger partial charge < -0.3 is 44.5 Å². The fourth-order valence-corrected chi connectivity index (χ4v) is 3.67. The lowest BCUT2D eigenvalue weighted by molar-refractivity contribution is -0.00700. The van der Waals surface area contributed by atoms with Gasteiger partial charge in [-0.1, -0.05) is 12.1 Å². The van der Waals surface area contributed by atoms with Crippen LogP contribution in [0.5, 0.6) is 0 Å². The van der Waals surface area contributed by atoms with Crippen LogP contribution in [0.4, 0.5) is 17.6 Å². The molecular weight excluding hydrogens is 532 g/mol. The molecule has 0 aliphatic heterocycles. The molecule has 0 aliphatic rings. The van der Waals surface area contributed by atoms with Gasteiger partial charge in [-0.3, -0.25) is 0 Å². The van der Waals surface area contributed by atoms with E-state index in [0.717, 1.165) is 12.1 Å². The highest BCUT2D eigenvalue weighted by molar-refractivity contribution is 5.52. The molecule has 0 atom stereocenters. The number of benzene rings is 1. The molecule has 4 aromatic rings. The lowest BCUT2D eigenvalue weighted by atomic mass is 10.1. The Bertz CT molecular complexity index is 1270. The molecule has 4 rings (SSSR count). The van der Waals surface area contributed by atoms with Gasteiger partial charge >= 0.3 is 0 Å². The molecule has 0 aliphatic carbocycles. The molecule has 14 heteroatoms. The van der Waals surface area contributed by atoms with E-state index in [2.05, 4.69) is 42.8 Å². The molecule has 14 nitrogen and oxygen atoms in total. The Kier molecular flexibility index (Phi) is 12.6. The fourth-order valence-electron chi connectivity index (χ4n) is 3.67. The molecule has 0 radical (unpaired) electrons. The molecule has 1 aromatic carbocycles. The minimum absolute atomic E-state index is 0.191. The van der Waals surface area contributed by atoms with E-state index in [9.17, 15) is 0 Å². The van der Waals surface area contributed by atoms with Crippen LogP contribution >= 0.6 is 0 Å². The molecule has 0 bridgehead atoms. The summed E-state index contributed by atoms with van der Waals surface area (Å²) in [5.74, 6) is 1.87. The second-order valence-electron chi connectivity index (χ2n) is 8.77. The highest BCUT2D eigenvalue weighted by Crippen LogP contribution is 2.17. The summed E-state index contributed by atoms with van der Waals surface area (Å²) in [7, 11) is 1.65. The summed E-state index contributed by atoms with van der Waals surface area (Å²) >= 11 is 0. The van der Waals surface area contributed by atoms with Crippen molar-refractivity contribution in [3.63, 3.8) is 0 Å². The molecule has 0 unspecified atom stereocenters. The Morgan fingerprint density at radius 3 is 2.12 bits per heavy atom. The van der Waals surface area contributed by atoms with Gasteiger partial charge in [-0.05, 0) is 36.2 Å². The van der Waals surface area contributed by atoms with Crippen LogP contribution in [-0.4, -0.2) is 104 Å². The summed E-state index contributed by atoms with van der Waals surface area (Å²) in [6.45, 7) is 6.36. The first-order valence-corrected chi connectivity index (χ1v) is 13.5. The first-order chi connectivity index (χ1) is 20.2. The predicted octanol–water partition coefficient (Wildman–Crippen LogP) is 2.14.